The lowest BCUT2D eigenvalue weighted by molar-refractivity contribution is -0.114. The number of fused-ring (bicyclic) bond motifs is 1. The summed E-state index contributed by atoms with van der Waals surface area (Å²) >= 11 is 0. The van der Waals surface area contributed by atoms with Crippen molar-refractivity contribution < 1.29 is 14.3 Å². The quantitative estimate of drug-likeness (QED) is 0.724. The number of amides is 2. The molecule has 148 valence electrons. The van der Waals surface area contributed by atoms with Gasteiger partial charge in [0.25, 0.3) is 5.91 Å². The second-order valence-corrected chi connectivity index (χ2v) is 6.96. The van der Waals surface area contributed by atoms with E-state index in [1.54, 1.807) is 13.2 Å². The van der Waals surface area contributed by atoms with Crippen LogP contribution in [0.25, 0.3) is 0 Å². The minimum absolute atomic E-state index is 0.142. The number of rotatable bonds is 7. The predicted molar refractivity (Wildman–Crippen MR) is 111 cm³/mol. The number of methoxy groups -OCH3 is 1. The number of benzene rings is 2. The van der Waals surface area contributed by atoms with Crippen molar-refractivity contribution in [3.63, 3.8) is 0 Å². The molecular weight excluding hydrogens is 354 g/mol. The zero-order chi connectivity index (χ0) is 19.9. The molecule has 3 rings (SSSR count). The topological polar surface area (TPSA) is 70.7 Å². The first-order valence-electron chi connectivity index (χ1n) is 9.59. The predicted octanol–water partition coefficient (Wildman–Crippen LogP) is 2.97. The third kappa shape index (κ3) is 4.89. The summed E-state index contributed by atoms with van der Waals surface area (Å²) in [4.78, 5) is 26.5. The number of ether oxygens (including phenoxy) is 1. The van der Waals surface area contributed by atoms with E-state index in [1.165, 1.54) is 18.1 Å². The molecule has 1 aliphatic heterocycles. The Labute approximate surface area is 165 Å². The summed E-state index contributed by atoms with van der Waals surface area (Å²) in [6, 6.07) is 13.9. The van der Waals surface area contributed by atoms with Gasteiger partial charge in [0.2, 0.25) is 5.91 Å². The van der Waals surface area contributed by atoms with Crippen LogP contribution < -0.4 is 15.5 Å². The average Bonchev–Trinajstić information content (AvgIpc) is 2.70. The largest absolute Gasteiger partial charge is 0.385 e. The molecule has 6 heteroatoms. The Kier molecular flexibility index (Phi) is 6.66. The molecule has 0 bridgehead atoms. The Hall–Kier alpha value is -2.86. The summed E-state index contributed by atoms with van der Waals surface area (Å²) in [5, 5.41) is 5.72. The van der Waals surface area contributed by atoms with Crippen molar-refractivity contribution in [3.05, 3.63) is 59.2 Å². The fourth-order valence-electron chi connectivity index (χ4n) is 3.49. The maximum Gasteiger partial charge on any atom is 0.253 e. The van der Waals surface area contributed by atoms with Crippen LogP contribution >= 0.6 is 0 Å². The molecular formula is C22H27N3O3. The van der Waals surface area contributed by atoms with Gasteiger partial charge in [-0.05, 0) is 42.2 Å². The summed E-state index contributed by atoms with van der Waals surface area (Å²) in [5.74, 6) is -0.303. The van der Waals surface area contributed by atoms with E-state index in [9.17, 15) is 9.59 Å². The van der Waals surface area contributed by atoms with Crippen molar-refractivity contribution >= 4 is 23.2 Å². The Morgan fingerprint density at radius 1 is 1.14 bits per heavy atom. The second kappa shape index (κ2) is 9.37. The van der Waals surface area contributed by atoms with Gasteiger partial charge in [0.1, 0.15) is 0 Å². The van der Waals surface area contributed by atoms with Gasteiger partial charge in [0.05, 0.1) is 5.56 Å². The highest BCUT2D eigenvalue weighted by molar-refractivity contribution is 6.02. The maximum atomic E-state index is 12.9. The third-order valence-corrected chi connectivity index (χ3v) is 4.84. The Bertz CT molecular complexity index is 851. The minimum Gasteiger partial charge on any atom is -0.385 e. The van der Waals surface area contributed by atoms with Gasteiger partial charge in [-0.1, -0.05) is 24.3 Å². The molecule has 2 N–H and O–H groups in total. The zero-order valence-corrected chi connectivity index (χ0v) is 16.5. The number of hydrogen-bond donors (Lipinski definition) is 2. The molecule has 0 atom stereocenters. The van der Waals surface area contributed by atoms with Crippen LogP contribution in [-0.4, -0.2) is 38.6 Å². The standard InChI is InChI=1S/C22H27N3O3/c1-16(26)24-19-8-9-21(20(14-19)22(27)23-11-5-13-28-2)25-12-10-17-6-3-4-7-18(17)15-25/h3-4,6-9,14H,5,10-13,15H2,1-2H3,(H,23,27)(H,24,26). The number of carbonyl (C=O) groups excluding carboxylic acids is 2. The van der Waals surface area contributed by atoms with Crippen LogP contribution in [0, 0.1) is 0 Å². The Morgan fingerprint density at radius 2 is 1.93 bits per heavy atom. The van der Waals surface area contributed by atoms with Crippen molar-refractivity contribution in [3.8, 4) is 0 Å². The van der Waals surface area contributed by atoms with Gasteiger partial charge >= 0.3 is 0 Å². The van der Waals surface area contributed by atoms with Crippen LogP contribution in [-0.2, 0) is 22.5 Å². The molecule has 0 saturated carbocycles. The van der Waals surface area contributed by atoms with E-state index in [2.05, 4.69) is 33.7 Å². The molecule has 0 spiro atoms. The van der Waals surface area contributed by atoms with Crippen molar-refractivity contribution in [2.45, 2.75) is 26.3 Å². The van der Waals surface area contributed by atoms with E-state index in [-0.39, 0.29) is 11.8 Å². The number of nitrogens with one attached hydrogen (secondary N) is 2. The Balaban J connectivity index is 1.85. The highest BCUT2D eigenvalue weighted by Gasteiger charge is 2.21. The smallest absolute Gasteiger partial charge is 0.253 e. The van der Waals surface area contributed by atoms with Crippen molar-refractivity contribution in [1.82, 2.24) is 5.32 Å². The lowest BCUT2D eigenvalue weighted by Gasteiger charge is -2.32. The van der Waals surface area contributed by atoms with Gasteiger partial charge in [0.15, 0.2) is 0 Å². The monoisotopic (exact) mass is 381 g/mol. The average molecular weight is 381 g/mol. The number of hydrogen-bond acceptors (Lipinski definition) is 4. The molecule has 0 aromatic heterocycles. The van der Waals surface area contributed by atoms with Gasteiger partial charge in [-0.3, -0.25) is 9.59 Å². The van der Waals surface area contributed by atoms with Gasteiger partial charge < -0.3 is 20.3 Å². The lowest BCUT2D eigenvalue weighted by atomic mass is 9.98. The normalized spacial score (nSPS) is 13.0. The van der Waals surface area contributed by atoms with E-state index in [0.717, 1.165) is 31.6 Å². The first-order valence-corrected chi connectivity index (χ1v) is 9.59. The summed E-state index contributed by atoms with van der Waals surface area (Å²) in [6.45, 7) is 4.21. The summed E-state index contributed by atoms with van der Waals surface area (Å²) in [7, 11) is 1.64. The van der Waals surface area contributed by atoms with Crippen LogP contribution in [0.5, 0.6) is 0 Å². The van der Waals surface area contributed by atoms with Crippen molar-refractivity contribution in [2.75, 3.05) is 37.0 Å². The highest BCUT2D eigenvalue weighted by atomic mass is 16.5. The number of anilines is 2. The molecule has 0 aliphatic carbocycles. The van der Waals surface area contributed by atoms with Crippen molar-refractivity contribution in [1.29, 1.82) is 0 Å². The summed E-state index contributed by atoms with van der Waals surface area (Å²) in [6.07, 6.45) is 1.69. The highest BCUT2D eigenvalue weighted by Crippen LogP contribution is 2.29. The molecule has 0 saturated heterocycles. The Morgan fingerprint density at radius 3 is 2.68 bits per heavy atom. The fraction of sp³-hybridized carbons (Fsp3) is 0.364. The van der Waals surface area contributed by atoms with E-state index >= 15 is 0 Å². The van der Waals surface area contributed by atoms with Gasteiger partial charge in [-0.15, -0.1) is 0 Å². The molecule has 0 unspecified atom stereocenters. The van der Waals surface area contributed by atoms with E-state index in [0.29, 0.717) is 24.4 Å². The molecule has 2 aromatic carbocycles. The minimum atomic E-state index is -0.161. The lowest BCUT2D eigenvalue weighted by Crippen LogP contribution is -2.33. The van der Waals surface area contributed by atoms with Gasteiger partial charge in [0, 0.05) is 51.6 Å². The van der Waals surface area contributed by atoms with Crippen molar-refractivity contribution in [2.24, 2.45) is 0 Å². The molecule has 1 heterocycles. The molecule has 0 fully saturated rings. The van der Waals surface area contributed by atoms with Crippen LogP contribution in [0.1, 0.15) is 34.8 Å². The van der Waals surface area contributed by atoms with E-state index in [1.807, 2.05) is 18.2 Å². The number of carbonyl (C=O) groups is 2. The fourth-order valence-corrected chi connectivity index (χ4v) is 3.49. The molecule has 1 aliphatic rings. The van der Waals surface area contributed by atoms with Gasteiger partial charge in [-0.25, -0.2) is 0 Å². The van der Waals surface area contributed by atoms with Crippen LogP contribution in [0.4, 0.5) is 11.4 Å². The SMILES string of the molecule is COCCCNC(=O)c1cc(NC(C)=O)ccc1N1CCc2ccccc2C1. The van der Waals surface area contributed by atoms with Crippen LogP contribution in [0.2, 0.25) is 0 Å². The van der Waals surface area contributed by atoms with Gasteiger partial charge in [-0.2, -0.15) is 0 Å². The second-order valence-electron chi connectivity index (χ2n) is 6.96. The first kappa shape index (κ1) is 19.9. The summed E-state index contributed by atoms with van der Waals surface area (Å²) in [5.41, 5.74) is 4.72. The van der Waals surface area contributed by atoms with E-state index < -0.39 is 0 Å². The summed E-state index contributed by atoms with van der Waals surface area (Å²) < 4.78 is 5.04. The zero-order valence-electron chi connectivity index (χ0n) is 16.5. The molecule has 28 heavy (non-hydrogen) atoms. The molecule has 6 nitrogen and oxygen atoms in total. The third-order valence-electron chi connectivity index (χ3n) is 4.84. The van der Waals surface area contributed by atoms with Crippen LogP contribution in [0.3, 0.4) is 0 Å². The van der Waals surface area contributed by atoms with E-state index in [4.69, 9.17) is 4.74 Å². The maximum absolute atomic E-state index is 12.9. The molecule has 2 amide bonds. The molecule has 2 aromatic rings. The van der Waals surface area contributed by atoms with Crippen LogP contribution in [0.15, 0.2) is 42.5 Å². The number of nitrogens with zero attached hydrogens (tertiary/aromatic N) is 1. The first-order chi connectivity index (χ1) is 13.6. The molecule has 0 radical (unpaired) electrons.